The number of nitrogens with one attached hydrogen (secondary N) is 2. The lowest BCUT2D eigenvalue weighted by molar-refractivity contribution is -0.149. The minimum Gasteiger partial charge on any atom is -0.479 e. The third-order valence-corrected chi connectivity index (χ3v) is 6.08. The number of carboxylic acids is 1. The third-order valence-electron chi connectivity index (χ3n) is 6.08. The summed E-state index contributed by atoms with van der Waals surface area (Å²) in [6, 6.07) is 16.2. The highest BCUT2D eigenvalue weighted by Crippen LogP contribution is 2.44. The standard InChI is InChI=1S/C26H32N2O6/c1-25(2,14-13-22(29)27-26(3,16-33-4)23(30)31)28-24(32)34-15-21-19-11-7-5-9-17(19)18-10-6-8-12-20(18)21/h5-12,21H,13-16H2,1-4H3,(H,27,29)(H,28,32)(H,30,31). The van der Waals surface area contributed by atoms with Gasteiger partial charge in [-0.25, -0.2) is 9.59 Å². The molecule has 1 aliphatic rings. The Labute approximate surface area is 199 Å². The zero-order valence-corrected chi connectivity index (χ0v) is 20.0. The molecule has 1 atom stereocenters. The first-order chi connectivity index (χ1) is 16.1. The van der Waals surface area contributed by atoms with Crippen molar-refractivity contribution >= 4 is 18.0 Å². The lowest BCUT2D eigenvalue weighted by Crippen LogP contribution is -2.55. The third kappa shape index (κ3) is 5.75. The van der Waals surface area contributed by atoms with Gasteiger partial charge in [-0.3, -0.25) is 4.79 Å². The van der Waals surface area contributed by atoms with Gasteiger partial charge in [-0.15, -0.1) is 0 Å². The van der Waals surface area contributed by atoms with Crippen molar-refractivity contribution in [1.82, 2.24) is 10.6 Å². The van der Waals surface area contributed by atoms with E-state index >= 15 is 0 Å². The maximum Gasteiger partial charge on any atom is 0.407 e. The number of carboxylic acid groups (broad SMARTS) is 1. The Morgan fingerprint density at radius 3 is 2.03 bits per heavy atom. The van der Waals surface area contributed by atoms with E-state index in [0.717, 1.165) is 22.3 Å². The number of aliphatic carboxylic acids is 1. The number of amides is 2. The fraction of sp³-hybridized carbons (Fsp3) is 0.423. The Kier molecular flexibility index (Phi) is 7.61. The van der Waals surface area contributed by atoms with Crippen LogP contribution in [0, 0.1) is 0 Å². The van der Waals surface area contributed by atoms with Gasteiger partial charge in [0, 0.05) is 25.0 Å². The predicted molar refractivity (Wildman–Crippen MR) is 128 cm³/mol. The van der Waals surface area contributed by atoms with E-state index in [2.05, 4.69) is 34.9 Å². The van der Waals surface area contributed by atoms with Gasteiger partial charge in [0.1, 0.15) is 6.61 Å². The first-order valence-electron chi connectivity index (χ1n) is 11.2. The number of carbonyl (C=O) groups is 3. The molecule has 8 nitrogen and oxygen atoms in total. The number of alkyl carbamates (subject to hydrolysis) is 1. The summed E-state index contributed by atoms with van der Waals surface area (Å²) < 4.78 is 10.5. The van der Waals surface area contributed by atoms with Crippen LogP contribution in [-0.2, 0) is 19.1 Å². The zero-order valence-electron chi connectivity index (χ0n) is 20.0. The average molecular weight is 469 g/mol. The molecular formula is C26H32N2O6. The van der Waals surface area contributed by atoms with Gasteiger partial charge in [0.2, 0.25) is 5.91 Å². The Morgan fingerprint density at radius 1 is 0.941 bits per heavy atom. The van der Waals surface area contributed by atoms with E-state index in [1.54, 1.807) is 13.8 Å². The first-order valence-corrected chi connectivity index (χ1v) is 11.2. The van der Waals surface area contributed by atoms with Gasteiger partial charge in [-0.2, -0.15) is 0 Å². The fourth-order valence-corrected chi connectivity index (χ4v) is 4.21. The van der Waals surface area contributed by atoms with Crippen molar-refractivity contribution in [2.75, 3.05) is 20.3 Å². The summed E-state index contributed by atoms with van der Waals surface area (Å²) in [5.41, 5.74) is 2.31. The predicted octanol–water partition coefficient (Wildman–Crippen LogP) is 3.69. The molecule has 34 heavy (non-hydrogen) atoms. The molecule has 2 amide bonds. The van der Waals surface area contributed by atoms with Gasteiger partial charge in [-0.05, 0) is 49.4 Å². The smallest absolute Gasteiger partial charge is 0.407 e. The summed E-state index contributed by atoms with van der Waals surface area (Å²) in [5.74, 6) is -1.66. The normalized spacial score (nSPS) is 14.5. The van der Waals surface area contributed by atoms with Crippen LogP contribution in [0.25, 0.3) is 11.1 Å². The molecule has 0 bridgehead atoms. The van der Waals surface area contributed by atoms with E-state index < -0.39 is 29.0 Å². The van der Waals surface area contributed by atoms with Crippen LogP contribution < -0.4 is 10.6 Å². The molecule has 2 aromatic rings. The summed E-state index contributed by atoms with van der Waals surface area (Å²) in [7, 11) is 1.37. The summed E-state index contributed by atoms with van der Waals surface area (Å²) in [4.78, 5) is 36.3. The lowest BCUT2D eigenvalue weighted by Gasteiger charge is -2.28. The van der Waals surface area contributed by atoms with E-state index in [0.29, 0.717) is 6.42 Å². The second kappa shape index (κ2) is 10.3. The van der Waals surface area contributed by atoms with Crippen LogP contribution in [0.2, 0.25) is 0 Å². The highest BCUT2D eigenvalue weighted by molar-refractivity contribution is 5.87. The van der Waals surface area contributed by atoms with Crippen LogP contribution in [0.5, 0.6) is 0 Å². The number of hydrogen-bond donors (Lipinski definition) is 3. The second-order valence-corrected chi connectivity index (χ2v) is 9.45. The molecule has 1 aliphatic carbocycles. The van der Waals surface area contributed by atoms with Gasteiger partial charge >= 0.3 is 12.1 Å². The van der Waals surface area contributed by atoms with E-state index in [9.17, 15) is 19.5 Å². The van der Waals surface area contributed by atoms with Gasteiger partial charge in [0.05, 0.1) is 6.61 Å². The Balaban J connectivity index is 1.54. The minimum absolute atomic E-state index is 0.0310. The molecule has 0 fully saturated rings. The van der Waals surface area contributed by atoms with Gasteiger partial charge < -0.3 is 25.2 Å². The lowest BCUT2D eigenvalue weighted by atomic mass is 9.97. The van der Waals surface area contributed by atoms with Crippen molar-refractivity contribution in [3.63, 3.8) is 0 Å². The van der Waals surface area contributed by atoms with Crippen LogP contribution in [0.4, 0.5) is 4.79 Å². The number of carbonyl (C=O) groups excluding carboxylic acids is 2. The molecule has 1 unspecified atom stereocenters. The summed E-state index contributed by atoms with van der Waals surface area (Å²) in [6.45, 7) is 5.00. The largest absolute Gasteiger partial charge is 0.479 e. The zero-order chi connectivity index (χ0) is 24.9. The van der Waals surface area contributed by atoms with Crippen molar-refractivity contribution in [3.05, 3.63) is 59.7 Å². The SMILES string of the molecule is COCC(C)(NC(=O)CCC(C)(C)NC(=O)OCC1c2ccccc2-c2ccccc21)C(=O)O. The summed E-state index contributed by atoms with van der Waals surface area (Å²) >= 11 is 0. The molecule has 0 aromatic heterocycles. The molecule has 2 aromatic carbocycles. The highest BCUT2D eigenvalue weighted by atomic mass is 16.5. The van der Waals surface area contributed by atoms with Crippen LogP contribution in [0.1, 0.15) is 50.7 Å². The first kappa shape index (κ1) is 25.2. The summed E-state index contributed by atoms with van der Waals surface area (Å²) in [6.07, 6.45) is -0.239. The molecule has 0 saturated carbocycles. The molecule has 0 heterocycles. The second-order valence-electron chi connectivity index (χ2n) is 9.45. The number of fused-ring (bicyclic) bond motifs is 3. The van der Waals surface area contributed by atoms with Crippen LogP contribution in [0.15, 0.2) is 48.5 Å². The van der Waals surface area contributed by atoms with E-state index in [1.807, 2.05) is 24.3 Å². The fourth-order valence-electron chi connectivity index (χ4n) is 4.21. The van der Waals surface area contributed by atoms with E-state index in [4.69, 9.17) is 9.47 Å². The number of rotatable bonds is 10. The number of methoxy groups -OCH3 is 1. The Bertz CT molecular complexity index is 1020. The molecule has 182 valence electrons. The molecule has 3 rings (SSSR count). The maximum atomic E-state index is 12.6. The monoisotopic (exact) mass is 468 g/mol. The van der Waals surface area contributed by atoms with Crippen LogP contribution >= 0.6 is 0 Å². The molecule has 8 heteroatoms. The average Bonchev–Trinajstić information content (AvgIpc) is 3.10. The van der Waals surface area contributed by atoms with Crippen molar-refractivity contribution in [3.8, 4) is 11.1 Å². The van der Waals surface area contributed by atoms with Crippen molar-refractivity contribution in [2.45, 2.75) is 50.6 Å². The van der Waals surface area contributed by atoms with Crippen molar-refractivity contribution in [2.24, 2.45) is 0 Å². The van der Waals surface area contributed by atoms with Crippen LogP contribution in [-0.4, -0.2) is 54.5 Å². The van der Waals surface area contributed by atoms with Gasteiger partial charge in [0.25, 0.3) is 0 Å². The van der Waals surface area contributed by atoms with E-state index in [-0.39, 0.29) is 25.6 Å². The molecular weight excluding hydrogens is 436 g/mol. The topological polar surface area (TPSA) is 114 Å². The van der Waals surface area contributed by atoms with Crippen molar-refractivity contribution in [1.29, 1.82) is 0 Å². The number of hydrogen-bond acceptors (Lipinski definition) is 5. The minimum atomic E-state index is -1.52. The van der Waals surface area contributed by atoms with Crippen LogP contribution in [0.3, 0.4) is 0 Å². The Hall–Kier alpha value is -3.39. The quantitative estimate of drug-likeness (QED) is 0.490. The molecule has 3 N–H and O–H groups in total. The van der Waals surface area contributed by atoms with Gasteiger partial charge in [-0.1, -0.05) is 48.5 Å². The molecule has 0 radical (unpaired) electrons. The Morgan fingerprint density at radius 2 is 1.50 bits per heavy atom. The molecule has 0 aliphatic heterocycles. The molecule has 0 spiro atoms. The van der Waals surface area contributed by atoms with E-state index in [1.165, 1.54) is 14.0 Å². The highest BCUT2D eigenvalue weighted by Gasteiger charge is 2.35. The number of benzene rings is 2. The maximum absolute atomic E-state index is 12.6. The number of ether oxygens (including phenoxy) is 2. The van der Waals surface area contributed by atoms with Gasteiger partial charge in [0.15, 0.2) is 5.54 Å². The molecule has 0 saturated heterocycles. The van der Waals surface area contributed by atoms with Crippen molar-refractivity contribution < 1.29 is 29.0 Å². The summed E-state index contributed by atoms with van der Waals surface area (Å²) in [5, 5.41) is 14.7.